The van der Waals surface area contributed by atoms with Gasteiger partial charge in [0.05, 0.1) is 6.54 Å². The van der Waals surface area contributed by atoms with Gasteiger partial charge >= 0.3 is 12.1 Å². The van der Waals surface area contributed by atoms with Gasteiger partial charge in [-0.1, -0.05) is 13.3 Å². The van der Waals surface area contributed by atoms with Crippen molar-refractivity contribution in [2.45, 2.75) is 19.8 Å². The number of ether oxygens (including phenoxy) is 1. The minimum absolute atomic E-state index is 0.0938. The van der Waals surface area contributed by atoms with Crippen LogP contribution in [0.1, 0.15) is 19.8 Å². The van der Waals surface area contributed by atoms with Crippen molar-refractivity contribution in [2.75, 3.05) is 19.7 Å². The van der Waals surface area contributed by atoms with Gasteiger partial charge in [0.25, 0.3) is 0 Å². The summed E-state index contributed by atoms with van der Waals surface area (Å²) >= 11 is 0. The predicted molar refractivity (Wildman–Crippen MR) is 51.8 cm³/mol. The van der Waals surface area contributed by atoms with E-state index in [-0.39, 0.29) is 19.2 Å². The lowest BCUT2D eigenvalue weighted by molar-refractivity contribution is 0.157. The van der Waals surface area contributed by atoms with Crippen LogP contribution in [0.2, 0.25) is 0 Å². The molecule has 82 valence electrons. The average molecular weight is 203 g/mol. The molecule has 0 saturated carbocycles. The Labute approximate surface area is 83.2 Å². The molecule has 0 heterocycles. The molecule has 0 aliphatic heterocycles. The van der Waals surface area contributed by atoms with Gasteiger partial charge in [-0.25, -0.2) is 9.59 Å². The van der Waals surface area contributed by atoms with E-state index in [0.29, 0.717) is 6.54 Å². The first-order valence-electron chi connectivity index (χ1n) is 4.60. The Morgan fingerprint density at radius 1 is 1.29 bits per heavy atom. The van der Waals surface area contributed by atoms with Crippen LogP contribution < -0.4 is 16.4 Å². The number of amides is 3. The first-order valence-corrected chi connectivity index (χ1v) is 4.60. The van der Waals surface area contributed by atoms with Crippen LogP contribution in [0.4, 0.5) is 9.59 Å². The van der Waals surface area contributed by atoms with Gasteiger partial charge in [-0.3, -0.25) is 0 Å². The summed E-state index contributed by atoms with van der Waals surface area (Å²) in [5.41, 5.74) is 4.72. The molecule has 0 aromatic heterocycles. The number of rotatable bonds is 6. The number of primary amides is 1. The van der Waals surface area contributed by atoms with Gasteiger partial charge in [0.2, 0.25) is 0 Å². The van der Waals surface area contributed by atoms with E-state index in [0.717, 1.165) is 12.8 Å². The van der Waals surface area contributed by atoms with E-state index in [2.05, 4.69) is 15.4 Å². The minimum atomic E-state index is -0.835. The quantitative estimate of drug-likeness (QED) is 0.537. The SMILES string of the molecule is CCCCNC(=O)NCCOC(N)=O. The van der Waals surface area contributed by atoms with E-state index in [9.17, 15) is 9.59 Å². The van der Waals surface area contributed by atoms with Crippen molar-refractivity contribution >= 4 is 12.1 Å². The van der Waals surface area contributed by atoms with Gasteiger partial charge in [0.1, 0.15) is 6.61 Å². The van der Waals surface area contributed by atoms with Crippen LogP contribution in [-0.4, -0.2) is 31.8 Å². The Hall–Kier alpha value is -1.46. The topological polar surface area (TPSA) is 93.4 Å². The molecular formula is C8H17N3O3. The van der Waals surface area contributed by atoms with Crippen LogP contribution in [0.5, 0.6) is 0 Å². The van der Waals surface area contributed by atoms with Gasteiger partial charge in [-0.2, -0.15) is 0 Å². The van der Waals surface area contributed by atoms with Crippen LogP contribution in [0, 0.1) is 0 Å². The summed E-state index contributed by atoms with van der Waals surface area (Å²) in [5, 5.41) is 5.16. The predicted octanol–water partition coefficient (Wildman–Crippen LogP) is 0.181. The van der Waals surface area contributed by atoms with Crippen molar-refractivity contribution in [1.29, 1.82) is 0 Å². The number of nitrogens with two attached hydrogens (primary N) is 1. The molecule has 0 radical (unpaired) electrons. The molecule has 0 aromatic rings. The minimum Gasteiger partial charge on any atom is -0.448 e. The van der Waals surface area contributed by atoms with Crippen LogP contribution in [-0.2, 0) is 4.74 Å². The Kier molecular flexibility index (Phi) is 7.30. The van der Waals surface area contributed by atoms with E-state index in [1.54, 1.807) is 0 Å². The summed E-state index contributed by atoms with van der Waals surface area (Å²) in [6, 6.07) is -0.258. The van der Waals surface area contributed by atoms with E-state index in [4.69, 9.17) is 5.73 Å². The summed E-state index contributed by atoms with van der Waals surface area (Å²) in [6.07, 6.45) is 1.15. The van der Waals surface area contributed by atoms with Gasteiger partial charge in [0.15, 0.2) is 0 Å². The molecular weight excluding hydrogens is 186 g/mol. The first-order chi connectivity index (χ1) is 6.66. The lowest BCUT2D eigenvalue weighted by Crippen LogP contribution is -2.38. The Morgan fingerprint density at radius 3 is 2.50 bits per heavy atom. The van der Waals surface area contributed by atoms with Gasteiger partial charge in [-0.05, 0) is 6.42 Å². The molecule has 0 unspecified atom stereocenters. The highest BCUT2D eigenvalue weighted by Gasteiger charge is 1.98. The highest BCUT2D eigenvalue weighted by atomic mass is 16.5. The van der Waals surface area contributed by atoms with Crippen molar-refractivity contribution in [3.63, 3.8) is 0 Å². The zero-order chi connectivity index (χ0) is 10.8. The number of hydrogen-bond acceptors (Lipinski definition) is 3. The molecule has 0 bridgehead atoms. The Morgan fingerprint density at radius 2 is 1.93 bits per heavy atom. The van der Waals surface area contributed by atoms with Crippen molar-refractivity contribution in [3.8, 4) is 0 Å². The van der Waals surface area contributed by atoms with Gasteiger partial charge < -0.3 is 21.1 Å². The maximum absolute atomic E-state index is 11.0. The highest BCUT2D eigenvalue weighted by Crippen LogP contribution is 1.81. The number of nitrogens with one attached hydrogen (secondary N) is 2. The van der Waals surface area contributed by atoms with Crippen LogP contribution in [0.3, 0.4) is 0 Å². The van der Waals surface area contributed by atoms with E-state index in [1.165, 1.54) is 0 Å². The second kappa shape index (κ2) is 8.15. The fourth-order valence-corrected chi connectivity index (χ4v) is 0.757. The van der Waals surface area contributed by atoms with Crippen LogP contribution in [0.15, 0.2) is 0 Å². The summed E-state index contributed by atoms with van der Waals surface area (Å²) in [7, 11) is 0. The van der Waals surface area contributed by atoms with Crippen molar-refractivity contribution in [1.82, 2.24) is 10.6 Å². The smallest absolute Gasteiger partial charge is 0.404 e. The first kappa shape index (κ1) is 12.5. The monoisotopic (exact) mass is 203 g/mol. The Balaban J connectivity index is 3.22. The molecule has 0 aromatic carbocycles. The molecule has 3 amide bonds. The number of urea groups is 1. The molecule has 6 heteroatoms. The van der Waals surface area contributed by atoms with Crippen LogP contribution >= 0.6 is 0 Å². The number of carbonyl (C=O) groups is 2. The molecule has 0 rings (SSSR count). The highest BCUT2D eigenvalue weighted by molar-refractivity contribution is 5.73. The van der Waals surface area contributed by atoms with Crippen molar-refractivity contribution < 1.29 is 14.3 Å². The number of carbonyl (C=O) groups excluding carboxylic acids is 2. The van der Waals surface area contributed by atoms with Gasteiger partial charge in [-0.15, -0.1) is 0 Å². The molecule has 0 atom stereocenters. The molecule has 0 fully saturated rings. The third-order valence-corrected chi connectivity index (χ3v) is 1.45. The van der Waals surface area contributed by atoms with E-state index < -0.39 is 6.09 Å². The summed E-state index contributed by atoms with van der Waals surface area (Å²) in [5.74, 6) is 0. The molecule has 0 aliphatic rings. The molecule has 0 aliphatic carbocycles. The zero-order valence-corrected chi connectivity index (χ0v) is 8.34. The fourth-order valence-electron chi connectivity index (χ4n) is 0.757. The third-order valence-electron chi connectivity index (χ3n) is 1.45. The fraction of sp³-hybridized carbons (Fsp3) is 0.750. The number of unbranched alkanes of at least 4 members (excludes halogenated alkanes) is 1. The normalized spacial score (nSPS) is 9.21. The van der Waals surface area contributed by atoms with E-state index >= 15 is 0 Å². The lowest BCUT2D eigenvalue weighted by atomic mass is 10.3. The van der Waals surface area contributed by atoms with E-state index in [1.807, 2.05) is 6.92 Å². The average Bonchev–Trinajstić information content (AvgIpc) is 2.13. The van der Waals surface area contributed by atoms with Crippen LogP contribution in [0.25, 0.3) is 0 Å². The largest absolute Gasteiger partial charge is 0.448 e. The second-order valence-electron chi connectivity index (χ2n) is 2.70. The molecule has 6 nitrogen and oxygen atoms in total. The standard InChI is InChI=1S/C8H17N3O3/c1-2-3-4-10-8(13)11-5-6-14-7(9)12/h2-6H2,1H3,(H2,9,12)(H2,10,11,13). The second-order valence-corrected chi connectivity index (χ2v) is 2.70. The Bertz CT molecular complexity index is 185. The molecule has 0 spiro atoms. The van der Waals surface area contributed by atoms with Crippen molar-refractivity contribution in [2.24, 2.45) is 5.73 Å². The summed E-state index contributed by atoms with van der Waals surface area (Å²) < 4.78 is 4.41. The summed E-state index contributed by atoms with van der Waals surface area (Å²) in [4.78, 5) is 21.1. The zero-order valence-electron chi connectivity index (χ0n) is 8.34. The third kappa shape index (κ3) is 8.63. The maximum atomic E-state index is 11.0. The molecule has 14 heavy (non-hydrogen) atoms. The maximum Gasteiger partial charge on any atom is 0.404 e. The number of hydrogen-bond donors (Lipinski definition) is 3. The lowest BCUT2D eigenvalue weighted by Gasteiger charge is -2.06. The molecule has 0 saturated heterocycles. The molecule has 4 N–H and O–H groups in total. The van der Waals surface area contributed by atoms with Crippen molar-refractivity contribution in [3.05, 3.63) is 0 Å². The van der Waals surface area contributed by atoms with Gasteiger partial charge in [0, 0.05) is 6.54 Å². The summed E-state index contributed by atoms with van der Waals surface area (Å²) in [6.45, 7) is 3.05.